The van der Waals surface area contributed by atoms with E-state index in [0.29, 0.717) is 0 Å². The maximum atomic E-state index is 12.0. The number of hydrogen-bond acceptors (Lipinski definition) is 2. The van der Waals surface area contributed by atoms with Gasteiger partial charge in [-0.2, -0.15) is 8.42 Å². The summed E-state index contributed by atoms with van der Waals surface area (Å²) in [7, 11) is -1.80. The molecule has 1 aromatic carbocycles. The molecule has 1 rings (SSSR count). The van der Waals surface area contributed by atoms with Crippen LogP contribution in [0.2, 0.25) is 0 Å². The summed E-state index contributed by atoms with van der Waals surface area (Å²) in [5.74, 6) is 0. The first kappa shape index (κ1) is 34.1. The van der Waals surface area contributed by atoms with Crippen LogP contribution in [-0.2, 0) is 10.1 Å². The van der Waals surface area contributed by atoms with Crippen molar-refractivity contribution in [2.24, 2.45) is 0 Å². The van der Waals surface area contributed by atoms with Gasteiger partial charge >= 0.3 is 0 Å². The molecule has 216 valence electrons. The standard InChI is InChI=1S/C32H59NO3S/c1-6-9-12-15-18-21-26-33(5,27-22-19-16-13-10-7-2)32(23-20-17-14-11-8-3)31-28-30(37(34,35)36)25-24-29(31)4/h24-25,28,32H,6-23,26-27H2,1-5H3/p+1. The van der Waals surface area contributed by atoms with Crippen molar-refractivity contribution in [2.75, 3.05) is 20.1 Å². The number of hydrogen-bond donors (Lipinski definition) is 1. The summed E-state index contributed by atoms with van der Waals surface area (Å²) in [4.78, 5) is 0.0368. The molecule has 1 atom stereocenters. The highest BCUT2D eigenvalue weighted by atomic mass is 32.2. The highest BCUT2D eigenvalue weighted by Crippen LogP contribution is 2.36. The van der Waals surface area contributed by atoms with Crippen LogP contribution in [0.4, 0.5) is 0 Å². The third-order valence-electron chi connectivity index (χ3n) is 8.29. The van der Waals surface area contributed by atoms with Gasteiger partial charge in [0.05, 0.1) is 25.0 Å². The normalized spacial score (nSPS) is 13.2. The summed E-state index contributed by atoms with van der Waals surface area (Å²) in [6, 6.07) is 5.48. The van der Waals surface area contributed by atoms with Gasteiger partial charge in [0, 0.05) is 12.0 Å². The molecular weight excluding hydrogens is 478 g/mol. The molecule has 0 aliphatic heterocycles. The molecule has 0 saturated heterocycles. The molecule has 0 fully saturated rings. The fraction of sp³-hybridized carbons (Fsp3) is 0.812. The van der Waals surface area contributed by atoms with Crippen molar-refractivity contribution in [1.29, 1.82) is 0 Å². The summed E-state index contributed by atoms with van der Waals surface area (Å²) in [5, 5.41) is 0. The largest absolute Gasteiger partial charge is 0.320 e. The highest BCUT2D eigenvalue weighted by Gasteiger charge is 2.34. The zero-order valence-corrected chi connectivity index (χ0v) is 25.9. The smallest absolute Gasteiger partial charge is 0.294 e. The van der Waals surface area contributed by atoms with E-state index in [9.17, 15) is 13.0 Å². The Morgan fingerprint density at radius 1 is 0.703 bits per heavy atom. The van der Waals surface area contributed by atoms with Crippen molar-refractivity contribution < 1.29 is 17.5 Å². The van der Waals surface area contributed by atoms with Gasteiger partial charge in [-0.1, -0.05) is 104 Å². The summed E-state index contributed by atoms with van der Waals surface area (Å²) >= 11 is 0. The van der Waals surface area contributed by atoms with Crippen LogP contribution in [0.5, 0.6) is 0 Å². The molecule has 1 aromatic rings. The molecule has 1 N–H and O–H groups in total. The Bertz CT molecular complexity index is 805. The lowest BCUT2D eigenvalue weighted by atomic mass is 9.92. The van der Waals surface area contributed by atoms with Crippen LogP contribution < -0.4 is 0 Å². The number of nitrogens with zero attached hydrogens (tertiary/aromatic N) is 1. The van der Waals surface area contributed by atoms with Gasteiger partial charge in [-0.25, -0.2) is 0 Å². The Morgan fingerprint density at radius 3 is 1.59 bits per heavy atom. The number of quaternary nitrogens is 1. The van der Waals surface area contributed by atoms with Crippen LogP contribution in [0, 0.1) is 6.92 Å². The second kappa shape index (κ2) is 19.2. The van der Waals surface area contributed by atoms with Gasteiger partial charge in [-0.3, -0.25) is 4.55 Å². The predicted octanol–water partition coefficient (Wildman–Crippen LogP) is 9.81. The third-order valence-corrected chi connectivity index (χ3v) is 9.14. The quantitative estimate of drug-likeness (QED) is 0.0857. The average molecular weight is 539 g/mol. The first-order valence-corrected chi connectivity index (χ1v) is 17.1. The Morgan fingerprint density at radius 2 is 1.14 bits per heavy atom. The Balaban J connectivity index is 3.19. The molecule has 0 bridgehead atoms. The zero-order valence-electron chi connectivity index (χ0n) is 25.1. The Kier molecular flexibility index (Phi) is 17.7. The van der Waals surface area contributed by atoms with E-state index in [1.165, 1.54) is 109 Å². The molecule has 0 aromatic heterocycles. The average Bonchev–Trinajstić information content (AvgIpc) is 2.85. The van der Waals surface area contributed by atoms with Gasteiger partial charge in [0.2, 0.25) is 0 Å². The highest BCUT2D eigenvalue weighted by molar-refractivity contribution is 7.85. The predicted molar refractivity (Wildman–Crippen MR) is 160 cm³/mol. The van der Waals surface area contributed by atoms with Crippen LogP contribution in [0.25, 0.3) is 0 Å². The van der Waals surface area contributed by atoms with Gasteiger partial charge < -0.3 is 4.48 Å². The van der Waals surface area contributed by atoms with Gasteiger partial charge in [-0.05, 0) is 56.7 Å². The van der Waals surface area contributed by atoms with Crippen molar-refractivity contribution in [3.8, 4) is 0 Å². The maximum absolute atomic E-state index is 12.0. The fourth-order valence-corrected chi connectivity index (χ4v) is 6.33. The molecule has 0 aliphatic carbocycles. The van der Waals surface area contributed by atoms with E-state index in [1.807, 2.05) is 6.07 Å². The van der Waals surface area contributed by atoms with Crippen LogP contribution in [0.3, 0.4) is 0 Å². The zero-order chi connectivity index (χ0) is 27.6. The van der Waals surface area contributed by atoms with Gasteiger partial charge in [-0.15, -0.1) is 0 Å². The van der Waals surface area contributed by atoms with Gasteiger partial charge in [0.25, 0.3) is 10.1 Å². The topological polar surface area (TPSA) is 54.4 Å². The van der Waals surface area contributed by atoms with Crippen LogP contribution >= 0.6 is 0 Å². The number of unbranched alkanes of at least 4 members (excludes halogenated alkanes) is 14. The third kappa shape index (κ3) is 13.6. The first-order chi connectivity index (χ1) is 17.7. The maximum Gasteiger partial charge on any atom is 0.294 e. The van der Waals surface area contributed by atoms with Crippen LogP contribution in [0.1, 0.15) is 154 Å². The second-order valence-corrected chi connectivity index (χ2v) is 13.1. The Hall–Kier alpha value is -0.910. The molecule has 4 nitrogen and oxygen atoms in total. The van der Waals surface area contributed by atoms with E-state index >= 15 is 0 Å². The lowest BCUT2D eigenvalue weighted by Crippen LogP contribution is -2.48. The van der Waals surface area contributed by atoms with Crippen molar-refractivity contribution in [3.05, 3.63) is 29.3 Å². The minimum atomic E-state index is -4.22. The first-order valence-electron chi connectivity index (χ1n) is 15.6. The van der Waals surface area contributed by atoms with Crippen molar-refractivity contribution in [2.45, 2.75) is 154 Å². The molecule has 0 radical (unpaired) electrons. The summed E-state index contributed by atoms with van der Waals surface area (Å²) in [6.07, 6.45) is 22.7. The number of aryl methyl sites for hydroxylation is 1. The van der Waals surface area contributed by atoms with E-state index in [-0.39, 0.29) is 10.9 Å². The minimum Gasteiger partial charge on any atom is -0.320 e. The summed E-state index contributed by atoms with van der Waals surface area (Å²) in [6.45, 7) is 11.2. The molecule has 5 heteroatoms. The molecular formula is C32H60NO3S+. The van der Waals surface area contributed by atoms with Crippen LogP contribution in [-0.4, -0.2) is 37.6 Å². The van der Waals surface area contributed by atoms with E-state index < -0.39 is 10.1 Å². The van der Waals surface area contributed by atoms with E-state index in [1.54, 1.807) is 12.1 Å². The Labute approximate surface area is 231 Å². The molecule has 0 amide bonds. The summed E-state index contributed by atoms with van der Waals surface area (Å²) < 4.78 is 34.9. The fourth-order valence-electron chi connectivity index (χ4n) is 5.81. The lowest BCUT2D eigenvalue weighted by Gasteiger charge is -2.43. The molecule has 37 heavy (non-hydrogen) atoms. The van der Waals surface area contributed by atoms with Crippen molar-refractivity contribution >= 4 is 10.1 Å². The number of benzene rings is 1. The van der Waals surface area contributed by atoms with Crippen molar-refractivity contribution in [1.82, 2.24) is 0 Å². The lowest BCUT2D eigenvalue weighted by molar-refractivity contribution is -0.940. The monoisotopic (exact) mass is 538 g/mol. The minimum absolute atomic E-state index is 0.0368. The van der Waals surface area contributed by atoms with Crippen molar-refractivity contribution in [3.63, 3.8) is 0 Å². The number of rotatable bonds is 23. The van der Waals surface area contributed by atoms with Crippen LogP contribution in [0.15, 0.2) is 23.1 Å². The van der Waals surface area contributed by atoms with E-state index in [0.717, 1.165) is 35.1 Å². The summed E-state index contributed by atoms with van der Waals surface area (Å²) in [5.41, 5.74) is 2.26. The SMILES string of the molecule is CCCCCCCC[N+](C)(CCCCCCCC)C(CCCCCCC)c1cc(S(=O)(=O)O)ccc1C. The molecule has 1 unspecified atom stereocenters. The molecule has 0 aliphatic rings. The van der Waals surface area contributed by atoms with E-state index in [4.69, 9.17) is 0 Å². The van der Waals surface area contributed by atoms with Gasteiger partial charge in [0.1, 0.15) is 6.04 Å². The second-order valence-electron chi connectivity index (χ2n) is 11.7. The molecule has 0 heterocycles. The van der Waals surface area contributed by atoms with Gasteiger partial charge in [0.15, 0.2) is 0 Å². The molecule has 0 spiro atoms. The molecule has 0 saturated carbocycles. The van der Waals surface area contributed by atoms with E-state index in [2.05, 4.69) is 34.7 Å².